The molecule has 12 heavy (non-hydrogen) atoms. The number of carbonyl (C=O) groups is 2. The van der Waals surface area contributed by atoms with Crippen molar-refractivity contribution in [3.63, 3.8) is 0 Å². The molecule has 1 fully saturated rings. The highest BCUT2D eigenvalue weighted by molar-refractivity contribution is 6.07. The topological polar surface area (TPSA) is 84.2 Å². The zero-order valence-corrected chi connectivity index (χ0v) is 7.53. The van der Waals surface area contributed by atoms with E-state index in [0.29, 0.717) is 6.42 Å². The van der Waals surface area contributed by atoms with Gasteiger partial charge in [-0.25, -0.2) is 4.79 Å². The molecule has 4 N–H and O–H groups in total. The molecule has 0 unspecified atom stereocenters. The van der Waals surface area contributed by atoms with Gasteiger partial charge in [0.2, 0.25) is 0 Å². The van der Waals surface area contributed by atoms with Gasteiger partial charge in [0.05, 0.1) is 0 Å². The van der Waals surface area contributed by atoms with Crippen LogP contribution in [0, 0.1) is 0 Å². The van der Waals surface area contributed by atoms with Gasteiger partial charge >= 0.3 is 6.03 Å². The predicted molar refractivity (Wildman–Crippen MR) is 46.0 cm³/mol. The third kappa shape index (κ3) is 1.51. The Labute approximate surface area is 76.5 Å². The van der Waals surface area contributed by atoms with Gasteiger partial charge in [0, 0.05) is 6.54 Å². The molecule has 0 aromatic carbocycles. The number of hydrogen-bond donors (Lipinski definition) is 3. The number of halogens is 1. The fourth-order valence-electron chi connectivity index (χ4n) is 1.07. The smallest absolute Gasteiger partial charge is 0.322 e. The van der Waals surface area contributed by atoms with Gasteiger partial charge in [-0.15, -0.1) is 12.4 Å². The zero-order valence-electron chi connectivity index (χ0n) is 6.72. The number of hydrogen-bond acceptors (Lipinski definition) is 3. The Morgan fingerprint density at radius 2 is 2.08 bits per heavy atom. The summed E-state index contributed by atoms with van der Waals surface area (Å²) in [5.74, 6) is -0.326. The van der Waals surface area contributed by atoms with Crippen molar-refractivity contribution in [1.29, 1.82) is 0 Å². The van der Waals surface area contributed by atoms with Gasteiger partial charge in [-0.05, 0) is 6.42 Å². The molecule has 0 spiro atoms. The van der Waals surface area contributed by atoms with Gasteiger partial charge in [0.1, 0.15) is 5.54 Å². The first-order valence-corrected chi connectivity index (χ1v) is 3.48. The average molecular weight is 194 g/mol. The molecule has 0 aliphatic carbocycles. The van der Waals surface area contributed by atoms with Gasteiger partial charge in [0.25, 0.3) is 5.91 Å². The molecule has 0 radical (unpaired) electrons. The van der Waals surface area contributed by atoms with Crippen LogP contribution in [0.25, 0.3) is 0 Å². The highest BCUT2D eigenvalue weighted by atomic mass is 35.5. The van der Waals surface area contributed by atoms with Gasteiger partial charge < -0.3 is 11.1 Å². The van der Waals surface area contributed by atoms with E-state index >= 15 is 0 Å². The maximum absolute atomic E-state index is 11.1. The van der Waals surface area contributed by atoms with Crippen molar-refractivity contribution in [2.24, 2.45) is 5.73 Å². The molecule has 1 rings (SSSR count). The van der Waals surface area contributed by atoms with E-state index in [-0.39, 0.29) is 24.9 Å². The first-order chi connectivity index (χ1) is 5.14. The molecule has 70 valence electrons. The summed E-state index contributed by atoms with van der Waals surface area (Å²) in [6.45, 7) is 1.94. The van der Waals surface area contributed by atoms with E-state index < -0.39 is 11.6 Å². The summed E-state index contributed by atoms with van der Waals surface area (Å²) in [6, 6.07) is -0.456. The number of amides is 3. The molecule has 0 bridgehead atoms. The van der Waals surface area contributed by atoms with Crippen molar-refractivity contribution < 1.29 is 9.59 Å². The van der Waals surface area contributed by atoms with E-state index in [4.69, 9.17) is 5.73 Å². The number of rotatable bonds is 2. The van der Waals surface area contributed by atoms with Crippen molar-refractivity contribution in [3.8, 4) is 0 Å². The number of nitrogens with one attached hydrogen (secondary N) is 2. The van der Waals surface area contributed by atoms with Crippen LogP contribution in [0.2, 0.25) is 0 Å². The van der Waals surface area contributed by atoms with Crippen LogP contribution in [-0.4, -0.2) is 24.0 Å². The first-order valence-electron chi connectivity index (χ1n) is 3.48. The highest BCUT2D eigenvalue weighted by Crippen LogP contribution is 2.12. The third-order valence-electron chi connectivity index (χ3n) is 1.97. The van der Waals surface area contributed by atoms with Crippen LogP contribution in [0.15, 0.2) is 0 Å². The number of carbonyl (C=O) groups excluding carboxylic acids is 2. The lowest BCUT2D eigenvalue weighted by molar-refractivity contribution is -0.123. The van der Waals surface area contributed by atoms with E-state index in [0.717, 1.165) is 0 Å². The Hall–Kier alpha value is -0.810. The number of urea groups is 1. The van der Waals surface area contributed by atoms with Gasteiger partial charge in [0.15, 0.2) is 0 Å². The van der Waals surface area contributed by atoms with Gasteiger partial charge in [-0.3, -0.25) is 10.1 Å². The van der Waals surface area contributed by atoms with E-state index in [1.54, 1.807) is 6.92 Å². The average Bonchev–Trinajstić information content (AvgIpc) is 2.27. The Morgan fingerprint density at radius 1 is 1.50 bits per heavy atom. The maximum Gasteiger partial charge on any atom is 0.322 e. The van der Waals surface area contributed by atoms with Crippen LogP contribution < -0.4 is 16.4 Å². The second kappa shape index (κ2) is 3.73. The highest BCUT2D eigenvalue weighted by Gasteiger charge is 2.43. The zero-order chi connectivity index (χ0) is 8.48. The summed E-state index contributed by atoms with van der Waals surface area (Å²) in [4.78, 5) is 21.8. The molecule has 1 aliphatic heterocycles. The second-order valence-electron chi connectivity index (χ2n) is 2.55. The largest absolute Gasteiger partial charge is 0.328 e. The molecule has 1 aliphatic rings. The molecule has 6 heteroatoms. The monoisotopic (exact) mass is 193 g/mol. The molecule has 1 saturated heterocycles. The minimum atomic E-state index is -0.864. The lowest BCUT2D eigenvalue weighted by Crippen LogP contribution is -2.52. The molecule has 3 amide bonds. The van der Waals surface area contributed by atoms with E-state index in [9.17, 15) is 9.59 Å². The Kier molecular flexibility index (Phi) is 3.48. The fraction of sp³-hybridized carbons (Fsp3) is 0.667. The SMILES string of the molecule is CC[C@]1(CN)NC(=O)NC1=O.Cl. The summed E-state index contributed by atoms with van der Waals surface area (Å²) >= 11 is 0. The summed E-state index contributed by atoms with van der Waals surface area (Å²) < 4.78 is 0. The molecule has 5 nitrogen and oxygen atoms in total. The van der Waals surface area contributed by atoms with E-state index in [1.165, 1.54) is 0 Å². The normalized spacial score (nSPS) is 27.5. The van der Waals surface area contributed by atoms with Crippen LogP contribution >= 0.6 is 12.4 Å². The number of imide groups is 1. The van der Waals surface area contributed by atoms with Crippen molar-refractivity contribution in [2.45, 2.75) is 18.9 Å². The first kappa shape index (κ1) is 11.2. The Balaban J connectivity index is 0.00000121. The van der Waals surface area contributed by atoms with Crippen LogP contribution in [0.1, 0.15) is 13.3 Å². The minimum Gasteiger partial charge on any atom is -0.328 e. The summed E-state index contributed by atoms with van der Waals surface area (Å²) in [6.07, 6.45) is 0.515. The molecular formula is C6H12ClN3O2. The van der Waals surface area contributed by atoms with Crippen LogP contribution in [0.5, 0.6) is 0 Å². The van der Waals surface area contributed by atoms with Crippen LogP contribution in [-0.2, 0) is 4.79 Å². The summed E-state index contributed by atoms with van der Waals surface area (Å²) in [5.41, 5.74) is 4.49. The Morgan fingerprint density at radius 3 is 2.25 bits per heavy atom. The fourth-order valence-corrected chi connectivity index (χ4v) is 1.07. The van der Waals surface area contributed by atoms with Crippen molar-refractivity contribution in [3.05, 3.63) is 0 Å². The molecule has 0 saturated carbocycles. The number of nitrogens with two attached hydrogens (primary N) is 1. The predicted octanol–water partition coefficient (Wildman–Crippen LogP) is -0.645. The lowest BCUT2D eigenvalue weighted by Gasteiger charge is -2.21. The third-order valence-corrected chi connectivity index (χ3v) is 1.97. The van der Waals surface area contributed by atoms with Gasteiger partial charge in [-0.1, -0.05) is 6.92 Å². The van der Waals surface area contributed by atoms with Crippen LogP contribution in [0.4, 0.5) is 4.79 Å². The molecular weight excluding hydrogens is 182 g/mol. The quantitative estimate of drug-likeness (QED) is 0.510. The van der Waals surface area contributed by atoms with E-state index in [1.807, 2.05) is 0 Å². The van der Waals surface area contributed by atoms with Crippen LogP contribution in [0.3, 0.4) is 0 Å². The molecule has 1 atom stereocenters. The molecule has 0 aromatic heterocycles. The van der Waals surface area contributed by atoms with Crippen molar-refractivity contribution in [2.75, 3.05) is 6.54 Å². The van der Waals surface area contributed by atoms with Gasteiger partial charge in [-0.2, -0.15) is 0 Å². The standard InChI is InChI=1S/C6H11N3O2.ClH/c1-2-6(3-7)4(10)8-5(11)9-6;/h2-3,7H2,1H3,(H2,8,9,10,11);1H/t6-;/m1./s1. The maximum atomic E-state index is 11.1. The second-order valence-corrected chi connectivity index (χ2v) is 2.55. The molecule has 0 aromatic rings. The Bertz CT molecular complexity index is 203. The lowest BCUT2D eigenvalue weighted by atomic mass is 9.97. The minimum absolute atomic E-state index is 0. The van der Waals surface area contributed by atoms with Crippen molar-refractivity contribution in [1.82, 2.24) is 10.6 Å². The van der Waals surface area contributed by atoms with Crippen molar-refractivity contribution >= 4 is 24.3 Å². The van der Waals surface area contributed by atoms with E-state index in [2.05, 4.69) is 10.6 Å². The molecule has 1 heterocycles. The summed E-state index contributed by atoms with van der Waals surface area (Å²) in [5, 5.41) is 4.63. The summed E-state index contributed by atoms with van der Waals surface area (Å²) in [7, 11) is 0.